The van der Waals surface area contributed by atoms with E-state index in [1.54, 1.807) is 0 Å². The predicted molar refractivity (Wildman–Crippen MR) is 55.4 cm³/mol. The Kier molecular flexibility index (Phi) is 3.42. The van der Waals surface area contributed by atoms with Gasteiger partial charge in [-0.2, -0.15) is 13.2 Å². The topological polar surface area (TPSA) is 57.6 Å². The zero-order valence-electron chi connectivity index (χ0n) is 10.8. The largest absolute Gasteiger partial charge is 0.480 e. The van der Waals surface area contributed by atoms with E-state index in [-0.39, 0.29) is 4.90 Å². The number of carboxylic acid groups (broad SMARTS) is 1. The Morgan fingerprint density at radius 2 is 1.55 bits per heavy atom. The lowest BCUT2D eigenvalue weighted by Gasteiger charge is -2.48. The molecule has 2 aliphatic rings. The first-order chi connectivity index (χ1) is 9.71. The van der Waals surface area contributed by atoms with Crippen molar-refractivity contribution in [3.63, 3.8) is 0 Å². The Labute approximate surface area is 118 Å². The summed E-state index contributed by atoms with van der Waals surface area (Å²) in [6.45, 7) is -1.54. The third-order valence-electron chi connectivity index (χ3n) is 3.89. The van der Waals surface area contributed by atoms with E-state index in [0.717, 1.165) is 0 Å². The minimum Gasteiger partial charge on any atom is -0.480 e. The van der Waals surface area contributed by atoms with Crippen molar-refractivity contribution >= 4 is 11.9 Å². The molecule has 1 saturated heterocycles. The molecule has 22 heavy (non-hydrogen) atoms. The van der Waals surface area contributed by atoms with Crippen LogP contribution in [0.15, 0.2) is 0 Å². The van der Waals surface area contributed by atoms with Crippen molar-refractivity contribution in [3.05, 3.63) is 0 Å². The van der Waals surface area contributed by atoms with Gasteiger partial charge >= 0.3 is 12.1 Å². The summed E-state index contributed by atoms with van der Waals surface area (Å²) in [7, 11) is 0. The summed E-state index contributed by atoms with van der Waals surface area (Å²) in [6.07, 6.45) is -10.5. The standard InChI is InChI=1S/C11H10F7NO3/c12-9(13)1-5(6(20)21)19(4-9)7(22)8(11(16,17)18)2-10(14,15)3-8/h5H,1-4H2,(H,20,21)/t5-/m0/s1. The Morgan fingerprint density at radius 3 is 1.91 bits per heavy atom. The van der Waals surface area contributed by atoms with Gasteiger partial charge in [0.15, 0.2) is 5.41 Å². The number of aliphatic carboxylic acids is 1. The first-order valence-electron chi connectivity index (χ1n) is 6.07. The van der Waals surface area contributed by atoms with Gasteiger partial charge in [0.1, 0.15) is 6.04 Å². The van der Waals surface area contributed by atoms with Gasteiger partial charge in [0, 0.05) is 19.3 Å². The fraction of sp³-hybridized carbons (Fsp3) is 0.818. The van der Waals surface area contributed by atoms with E-state index >= 15 is 0 Å². The van der Waals surface area contributed by atoms with Crippen LogP contribution in [0.1, 0.15) is 19.3 Å². The van der Waals surface area contributed by atoms with Gasteiger partial charge in [0.25, 0.3) is 11.8 Å². The number of nitrogens with zero attached hydrogens (tertiary/aromatic N) is 1. The molecule has 1 saturated carbocycles. The molecular weight excluding hydrogens is 327 g/mol. The highest BCUT2D eigenvalue weighted by molar-refractivity contribution is 5.90. The highest BCUT2D eigenvalue weighted by Crippen LogP contribution is 2.61. The Hall–Kier alpha value is -1.55. The van der Waals surface area contributed by atoms with Crippen LogP contribution < -0.4 is 0 Å². The van der Waals surface area contributed by atoms with Crippen molar-refractivity contribution in [1.29, 1.82) is 0 Å². The third kappa shape index (κ3) is 2.50. The number of carboxylic acids is 1. The van der Waals surface area contributed by atoms with E-state index in [2.05, 4.69) is 0 Å². The van der Waals surface area contributed by atoms with Crippen molar-refractivity contribution in [2.75, 3.05) is 6.54 Å². The monoisotopic (exact) mass is 337 g/mol. The normalized spacial score (nSPS) is 29.0. The number of carbonyl (C=O) groups excluding carboxylic acids is 1. The molecule has 0 radical (unpaired) electrons. The molecule has 0 unspecified atom stereocenters. The molecule has 4 nitrogen and oxygen atoms in total. The fourth-order valence-electron chi connectivity index (χ4n) is 2.83. The molecule has 0 bridgehead atoms. The summed E-state index contributed by atoms with van der Waals surface area (Å²) in [6, 6.07) is -2.17. The van der Waals surface area contributed by atoms with Crippen molar-refractivity contribution < 1.29 is 45.4 Å². The predicted octanol–water partition coefficient (Wildman–Crippen LogP) is 2.29. The minimum atomic E-state index is -5.38. The van der Waals surface area contributed by atoms with Gasteiger partial charge in [-0.1, -0.05) is 0 Å². The maximum Gasteiger partial charge on any atom is 0.403 e. The van der Waals surface area contributed by atoms with Gasteiger partial charge in [-0.05, 0) is 0 Å². The van der Waals surface area contributed by atoms with Crippen molar-refractivity contribution in [1.82, 2.24) is 4.90 Å². The van der Waals surface area contributed by atoms with Gasteiger partial charge in [0.2, 0.25) is 5.91 Å². The molecule has 2 fully saturated rings. The molecule has 0 aromatic rings. The van der Waals surface area contributed by atoms with Crippen LogP contribution in [-0.2, 0) is 9.59 Å². The average molecular weight is 337 g/mol. The summed E-state index contributed by atoms with van der Waals surface area (Å²) in [5.74, 6) is -11.4. The summed E-state index contributed by atoms with van der Waals surface area (Å²) in [4.78, 5) is 22.7. The first-order valence-corrected chi connectivity index (χ1v) is 6.07. The molecular formula is C11H10F7NO3. The van der Waals surface area contributed by atoms with Crippen LogP contribution in [-0.4, -0.2) is 52.5 Å². The minimum absolute atomic E-state index is 0.148. The van der Waals surface area contributed by atoms with Gasteiger partial charge in [-0.15, -0.1) is 0 Å². The molecule has 11 heteroatoms. The first kappa shape index (κ1) is 16.8. The Morgan fingerprint density at radius 1 is 1.05 bits per heavy atom. The smallest absolute Gasteiger partial charge is 0.403 e. The molecule has 2 rings (SSSR count). The maximum absolute atomic E-state index is 13.2. The highest BCUT2D eigenvalue weighted by atomic mass is 19.4. The van der Waals surface area contributed by atoms with E-state index in [1.165, 1.54) is 0 Å². The molecule has 0 aromatic carbocycles. The lowest BCUT2D eigenvalue weighted by molar-refractivity contribution is -0.299. The van der Waals surface area contributed by atoms with Crippen LogP contribution in [0.25, 0.3) is 0 Å². The Bertz CT molecular complexity index is 508. The number of rotatable bonds is 2. The summed E-state index contributed by atoms with van der Waals surface area (Å²) in [5, 5.41) is 8.77. The van der Waals surface area contributed by atoms with Gasteiger partial charge in [-0.25, -0.2) is 22.4 Å². The van der Waals surface area contributed by atoms with E-state index in [1.807, 2.05) is 0 Å². The molecule has 0 spiro atoms. The van der Waals surface area contributed by atoms with Gasteiger partial charge in [-0.3, -0.25) is 4.79 Å². The highest BCUT2D eigenvalue weighted by Gasteiger charge is 2.75. The number of carbonyl (C=O) groups is 2. The SMILES string of the molecule is O=C(O)[C@@H]1CC(F)(F)CN1C(=O)C1(C(F)(F)F)CC(F)(F)C1. The molecule has 126 valence electrons. The molecule has 1 amide bonds. The third-order valence-corrected chi connectivity index (χ3v) is 3.89. The van der Waals surface area contributed by atoms with Crippen LogP contribution in [0.5, 0.6) is 0 Å². The van der Waals surface area contributed by atoms with Crippen LogP contribution in [0, 0.1) is 5.41 Å². The molecule has 1 atom stereocenters. The van der Waals surface area contributed by atoms with Crippen LogP contribution in [0.4, 0.5) is 30.7 Å². The van der Waals surface area contributed by atoms with Crippen molar-refractivity contribution in [3.8, 4) is 0 Å². The van der Waals surface area contributed by atoms with E-state index in [4.69, 9.17) is 5.11 Å². The molecule has 1 heterocycles. The van der Waals surface area contributed by atoms with Crippen molar-refractivity contribution in [2.24, 2.45) is 5.41 Å². The Balaban J connectivity index is 2.34. The summed E-state index contributed by atoms with van der Waals surface area (Å²) >= 11 is 0. The number of likely N-dealkylation sites (tertiary alicyclic amines) is 1. The van der Waals surface area contributed by atoms with Crippen LogP contribution in [0.2, 0.25) is 0 Å². The van der Waals surface area contributed by atoms with E-state index in [9.17, 15) is 40.3 Å². The quantitative estimate of drug-likeness (QED) is 0.787. The van der Waals surface area contributed by atoms with Crippen LogP contribution >= 0.6 is 0 Å². The van der Waals surface area contributed by atoms with Gasteiger partial charge in [0.05, 0.1) is 6.54 Å². The second-order valence-corrected chi connectivity index (χ2v) is 5.64. The second kappa shape index (κ2) is 4.48. The zero-order valence-corrected chi connectivity index (χ0v) is 10.8. The summed E-state index contributed by atoms with van der Waals surface area (Å²) < 4.78 is 91.3. The second-order valence-electron chi connectivity index (χ2n) is 5.64. The van der Waals surface area contributed by atoms with E-state index < -0.39 is 67.2 Å². The number of halogens is 7. The lowest BCUT2D eigenvalue weighted by atomic mass is 9.64. The average Bonchev–Trinajstić information content (AvgIpc) is 2.59. The molecule has 1 aliphatic heterocycles. The summed E-state index contributed by atoms with van der Waals surface area (Å²) in [5.41, 5.74) is -3.51. The van der Waals surface area contributed by atoms with Crippen molar-refractivity contribution in [2.45, 2.75) is 43.3 Å². The molecule has 1 N–H and O–H groups in total. The number of hydrogen-bond acceptors (Lipinski definition) is 2. The zero-order chi connectivity index (χ0) is 17.1. The lowest BCUT2D eigenvalue weighted by Crippen LogP contribution is -2.64. The van der Waals surface area contributed by atoms with Gasteiger partial charge < -0.3 is 10.0 Å². The maximum atomic E-state index is 13.2. The number of hydrogen-bond donors (Lipinski definition) is 1. The molecule has 0 aromatic heterocycles. The van der Waals surface area contributed by atoms with Crippen LogP contribution in [0.3, 0.4) is 0 Å². The number of amides is 1. The van der Waals surface area contributed by atoms with E-state index in [0.29, 0.717) is 0 Å². The molecule has 1 aliphatic carbocycles. The number of alkyl halides is 7. The fourth-order valence-corrected chi connectivity index (χ4v) is 2.83.